The maximum Gasteiger partial charge on any atom is 0.219 e. The molecule has 3 aromatic rings. The number of rotatable bonds is 8. The fourth-order valence-corrected chi connectivity index (χ4v) is 3.54. The zero-order valence-electron chi connectivity index (χ0n) is 16.9. The van der Waals surface area contributed by atoms with Gasteiger partial charge >= 0.3 is 0 Å². The van der Waals surface area contributed by atoms with Crippen LogP contribution in [0.2, 0.25) is 0 Å². The molecular formula is C22H26N4O2S. The van der Waals surface area contributed by atoms with Crippen LogP contribution in [0.15, 0.2) is 59.7 Å². The van der Waals surface area contributed by atoms with E-state index in [1.54, 1.807) is 20.4 Å². The Balaban J connectivity index is 1.49. The van der Waals surface area contributed by atoms with Crippen molar-refractivity contribution >= 4 is 17.3 Å². The van der Waals surface area contributed by atoms with Crippen molar-refractivity contribution in [3.05, 3.63) is 70.0 Å². The van der Waals surface area contributed by atoms with E-state index in [4.69, 9.17) is 9.47 Å². The van der Waals surface area contributed by atoms with Gasteiger partial charge < -0.3 is 20.1 Å². The normalized spacial score (nSPS) is 11.2. The van der Waals surface area contributed by atoms with Crippen LogP contribution in [0.5, 0.6) is 17.4 Å². The van der Waals surface area contributed by atoms with Crippen molar-refractivity contribution in [3.8, 4) is 17.4 Å². The third-order valence-corrected chi connectivity index (χ3v) is 5.47. The van der Waals surface area contributed by atoms with Gasteiger partial charge in [0.25, 0.3) is 0 Å². The van der Waals surface area contributed by atoms with E-state index in [9.17, 15) is 0 Å². The number of aliphatic imine (C=N–C) groups is 1. The van der Waals surface area contributed by atoms with Gasteiger partial charge in [-0.2, -0.15) is 0 Å². The Kier molecular flexibility index (Phi) is 7.47. The Morgan fingerprint density at radius 2 is 1.83 bits per heavy atom. The molecule has 7 heteroatoms. The summed E-state index contributed by atoms with van der Waals surface area (Å²) >= 11 is 1.83. The van der Waals surface area contributed by atoms with Crippen molar-refractivity contribution in [2.75, 3.05) is 14.2 Å². The van der Waals surface area contributed by atoms with Crippen LogP contribution < -0.4 is 20.1 Å². The number of nitrogens with one attached hydrogen (secondary N) is 2. The van der Waals surface area contributed by atoms with Gasteiger partial charge in [-0.1, -0.05) is 19.1 Å². The van der Waals surface area contributed by atoms with Crippen molar-refractivity contribution in [2.45, 2.75) is 26.4 Å². The first-order chi connectivity index (χ1) is 14.2. The molecule has 2 heterocycles. The predicted molar refractivity (Wildman–Crippen MR) is 118 cm³/mol. The molecule has 29 heavy (non-hydrogen) atoms. The van der Waals surface area contributed by atoms with Crippen molar-refractivity contribution in [2.24, 2.45) is 4.99 Å². The number of hydrogen-bond acceptors (Lipinski definition) is 5. The quantitative estimate of drug-likeness (QED) is 0.426. The lowest BCUT2D eigenvalue weighted by Gasteiger charge is -2.11. The second-order valence-electron chi connectivity index (χ2n) is 6.29. The number of thiophene rings is 1. The monoisotopic (exact) mass is 410 g/mol. The lowest BCUT2D eigenvalue weighted by molar-refractivity contribution is 0.407. The molecule has 0 fully saturated rings. The third kappa shape index (κ3) is 6.22. The van der Waals surface area contributed by atoms with Gasteiger partial charge in [-0.25, -0.2) is 4.98 Å². The summed E-state index contributed by atoms with van der Waals surface area (Å²) in [4.78, 5) is 11.3. The van der Waals surface area contributed by atoms with E-state index in [1.165, 1.54) is 9.75 Å². The Hall–Kier alpha value is -3.06. The first kappa shape index (κ1) is 20.7. The minimum absolute atomic E-state index is 0.536. The number of hydrogen-bond donors (Lipinski definition) is 2. The summed E-state index contributed by atoms with van der Waals surface area (Å²) in [5.74, 6) is 2.73. The van der Waals surface area contributed by atoms with Gasteiger partial charge in [-0.05, 0) is 36.2 Å². The van der Waals surface area contributed by atoms with Crippen molar-refractivity contribution in [1.82, 2.24) is 15.6 Å². The first-order valence-electron chi connectivity index (χ1n) is 9.49. The summed E-state index contributed by atoms with van der Waals surface area (Å²) < 4.78 is 11.0. The number of pyridine rings is 1. The van der Waals surface area contributed by atoms with Crippen LogP contribution in [-0.4, -0.2) is 25.1 Å². The molecule has 0 bridgehead atoms. The first-order valence-corrected chi connectivity index (χ1v) is 10.3. The lowest BCUT2D eigenvalue weighted by atomic mass is 10.3. The number of aromatic nitrogens is 1. The van der Waals surface area contributed by atoms with E-state index >= 15 is 0 Å². The van der Waals surface area contributed by atoms with Crippen LogP contribution >= 0.6 is 11.3 Å². The molecule has 0 radical (unpaired) electrons. The average Bonchev–Trinajstić information content (AvgIpc) is 3.23. The predicted octanol–water partition coefficient (Wildman–Crippen LogP) is 4.37. The second-order valence-corrected chi connectivity index (χ2v) is 7.54. The minimum Gasteiger partial charge on any atom is -0.497 e. The molecule has 0 aliphatic carbocycles. The molecule has 6 nitrogen and oxygen atoms in total. The fourth-order valence-electron chi connectivity index (χ4n) is 2.65. The van der Waals surface area contributed by atoms with Crippen LogP contribution in [0.4, 0.5) is 0 Å². The molecule has 2 aromatic heterocycles. The summed E-state index contributed by atoms with van der Waals surface area (Å²) in [6.45, 7) is 3.55. The van der Waals surface area contributed by atoms with Crippen LogP contribution in [0.3, 0.4) is 0 Å². The van der Waals surface area contributed by atoms with Crippen LogP contribution in [0, 0.1) is 0 Å². The molecule has 0 saturated carbocycles. The highest BCUT2D eigenvalue weighted by Crippen LogP contribution is 2.23. The topological polar surface area (TPSA) is 67.8 Å². The van der Waals surface area contributed by atoms with Crippen LogP contribution in [0.1, 0.15) is 22.2 Å². The van der Waals surface area contributed by atoms with Gasteiger partial charge in [0, 0.05) is 41.7 Å². The number of methoxy groups -OCH3 is 1. The molecule has 3 rings (SSSR count). The maximum absolute atomic E-state index is 5.77. The molecule has 0 amide bonds. The Labute approximate surface area is 175 Å². The minimum atomic E-state index is 0.536. The Bertz CT molecular complexity index is 938. The Morgan fingerprint density at radius 3 is 2.52 bits per heavy atom. The third-order valence-electron chi connectivity index (χ3n) is 4.24. The van der Waals surface area contributed by atoms with Crippen LogP contribution in [0.25, 0.3) is 0 Å². The van der Waals surface area contributed by atoms with E-state index in [0.29, 0.717) is 18.2 Å². The summed E-state index contributed by atoms with van der Waals surface area (Å²) in [5.41, 5.74) is 1.04. The number of ether oxygens (including phenoxy) is 2. The van der Waals surface area contributed by atoms with E-state index in [0.717, 1.165) is 30.2 Å². The largest absolute Gasteiger partial charge is 0.497 e. The van der Waals surface area contributed by atoms with E-state index in [-0.39, 0.29) is 0 Å². The van der Waals surface area contributed by atoms with E-state index < -0.39 is 0 Å². The molecule has 1 aromatic carbocycles. The summed E-state index contributed by atoms with van der Waals surface area (Å²) in [5, 5.41) is 6.65. The molecule has 0 spiro atoms. The molecule has 0 saturated heterocycles. The number of aryl methyl sites for hydroxylation is 1. The van der Waals surface area contributed by atoms with Gasteiger partial charge in [0.05, 0.1) is 13.7 Å². The maximum atomic E-state index is 5.77. The Morgan fingerprint density at radius 1 is 1.03 bits per heavy atom. The van der Waals surface area contributed by atoms with E-state index in [2.05, 4.69) is 39.7 Å². The molecule has 0 atom stereocenters. The molecular weight excluding hydrogens is 384 g/mol. The SMILES string of the molecule is CCc1ccc(CNC(=NC)NCc2ccc(Oc3cccc(OC)c3)nc2)s1. The smallest absolute Gasteiger partial charge is 0.219 e. The summed E-state index contributed by atoms with van der Waals surface area (Å²) in [6, 6.07) is 15.6. The molecule has 2 N–H and O–H groups in total. The molecule has 0 aliphatic heterocycles. The molecule has 152 valence electrons. The second kappa shape index (κ2) is 10.5. The average molecular weight is 411 g/mol. The lowest BCUT2D eigenvalue weighted by Crippen LogP contribution is -2.36. The standard InChI is InChI=1S/C22H26N4O2S/c1-4-19-9-10-20(29-19)15-26-22(23-2)25-14-16-8-11-21(24-13-16)28-18-7-5-6-17(12-18)27-3/h5-13H,4,14-15H2,1-3H3,(H2,23,25,26). The van der Waals surface area contributed by atoms with Gasteiger partial charge in [0.2, 0.25) is 5.88 Å². The van der Waals surface area contributed by atoms with Gasteiger partial charge in [-0.3, -0.25) is 4.99 Å². The number of guanidine groups is 1. The number of benzene rings is 1. The number of nitrogens with zero attached hydrogens (tertiary/aromatic N) is 2. The van der Waals surface area contributed by atoms with Gasteiger partial charge in [0.1, 0.15) is 11.5 Å². The van der Waals surface area contributed by atoms with Crippen molar-refractivity contribution in [1.29, 1.82) is 0 Å². The highest BCUT2D eigenvalue weighted by molar-refractivity contribution is 7.11. The van der Waals surface area contributed by atoms with Crippen LogP contribution in [-0.2, 0) is 19.5 Å². The van der Waals surface area contributed by atoms with Crippen molar-refractivity contribution < 1.29 is 9.47 Å². The molecule has 0 aliphatic rings. The highest BCUT2D eigenvalue weighted by Gasteiger charge is 2.04. The van der Waals surface area contributed by atoms with Gasteiger partial charge in [-0.15, -0.1) is 11.3 Å². The summed E-state index contributed by atoms with van der Waals surface area (Å²) in [7, 11) is 3.40. The zero-order chi connectivity index (χ0) is 20.5. The molecule has 0 unspecified atom stereocenters. The van der Waals surface area contributed by atoms with Crippen molar-refractivity contribution in [3.63, 3.8) is 0 Å². The fraction of sp³-hybridized carbons (Fsp3) is 0.273. The van der Waals surface area contributed by atoms with Gasteiger partial charge in [0.15, 0.2) is 5.96 Å². The van der Waals surface area contributed by atoms with E-state index in [1.807, 2.05) is 47.7 Å². The zero-order valence-corrected chi connectivity index (χ0v) is 17.8. The summed E-state index contributed by atoms with van der Waals surface area (Å²) in [6.07, 6.45) is 2.87. The highest BCUT2D eigenvalue weighted by atomic mass is 32.1.